The number of aromatic nitrogens is 1. The maximum atomic E-state index is 13.4. The van der Waals surface area contributed by atoms with Gasteiger partial charge in [0.05, 0.1) is 10.8 Å². The van der Waals surface area contributed by atoms with Gasteiger partial charge in [-0.1, -0.05) is 49.2 Å². The normalized spacial score (nSPS) is 15.8. The molecule has 2 unspecified atom stereocenters. The molecule has 1 fully saturated rings. The zero-order chi connectivity index (χ0) is 23.6. The van der Waals surface area contributed by atoms with Gasteiger partial charge in [-0.2, -0.15) is 4.72 Å². The van der Waals surface area contributed by atoms with Crippen LogP contribution in [0.1, 0.15) is 24.8 Å². The van der Waals surface area contributed by atoms with E-state index in [0.29, 0.717) is 17.7 Å². The van der Waals surface area contributed by atoms with Crippen molar-refractivity contribution in [3.63, 3.8) is 0 Å². The third-order valence-corrected chi connectivity index (χ3v) is 7.58. The lowest BCUT2D eigenvalue weighted by Crippen LogP contribution is -2.54. The Hall–Kier alpha value is -2.66. The van der Waals surface area contributed by atoms with Gasteiger partial charge in [-0.05, 0) is 42.5 Å². The van der Waals surface area contributed by atoms with E-state index in [0.717, 1.165) is 23.9 Å². The number of aryl methyl sites for hydroxylation is 1. The standard InChI is InChI=1S/C23H28BN3O5S/c1-27-13-12-18-20(27)8-5-9-21(18)33(31,32)26-19(14-16-6-3-2-4-7-16)23(28)25-22(24(29)30)15-17-10-11-17/h2-9,12-13,17,19,22,26,29-30H,10-11,14-15H2,1H3,(H,25,28). The van der Waals surface area contributed by atoms with Gasteiger partial charge < -0.3 is 19.9 Å². The molecule has 0 aliphatic heterocycles. The Morgan fingerprint density at radius 3 is 2.52 bits per heavy atom. The number of amides is 1. The first-order valence-electron chi connectivity index (χ1n) is 11.0. The molecule has 10 heteroatoms. The van der Waals surface area contributed by atoms with E-state index < -0.39 is 35.0 Å². The number of carbonyl (C=O) groups excluding carboxylic acids is 1. The monoisotopic (exact) mass is 469 g/mol. The summed E-state index contributed by atoms with van der Waals surface area (Å²) in [5, 5.41) is 22.7. The largest absolute Gasteiger partial charge is 0.475 e. The average Bonchev–Trinajstić information content (AvgIpc) is 3.53. The average molecular weight is 469 g/mol. The van der Waals surface area contributed by atoms with Crippen molar-refractivity contribution in [2.45, 2.75) is 42.6 Å². The molecule has 33 heavy (non-hydrogen) atoms. The lowest BCUT2D eigenvalue weighted by molar-refractivity contribution is -0.123. The smallest absolute Gasteiger partial charge is 0.426 e. The molecule has 1 heterocycles. The quantitative estimate of drug-likeness (QED) is 0.334. The summed E-state index contributed by atoms with van der Waals surface area (Å²) in [7, 11) is -3.94. The number of hydrogen-bond acceptors (Lipinski definition) is 5. The van der Waals surface area contributed by atoms with Crippen LogP contribution in [0.3, 0.4) is 0 Å². The number of fused-ring (bicyclic) bond motifs is 1. The van der Waals surface area contributed by atoms with E-state index in [2.05, 4.69) is 10.0 Å². The molecule has 1 aliphatic carbocycles. The van der Waals surface area contributed by atoms with E-state index in [1.54, 1.807) is 18.3 Å². The molecule has 1 aliphatic rings. The Morgan fingerprint density at radius 2 is 1.85 bits per heavy atom. The van der Waals surface area contributed by atoms with Crippen LogP contribution >= 0.6 is 0 Å². The highest BCUT2D eigenvalue weighted by Gasteiger charge is 2.35. The Morgan fingerprint density at radius 1 is 1.12 bits per heavy atom. The molecule has 174 valence electrons. The third kappa shape index (κ3) is 5.65. The van der Waals surface area contributed by atoms with Crippen molar-refractivity contribution >= 4 is 34.0 Å². The van der Waals surface area contributed by atoms with E-state index >= 15 is 0 Å². The minimum absolute atomic E-state index is 0.0863. The van der Waals surface area contributed by atoms with Crippen molar-refractivity contribution in [2.75, 3.05) is 0 Å². The van der Waals surface area contributed by atoms with Gasteiger partial charge in [0.15, 0.2) is 0 Å². The zero-order valence-electron chi connectivity index (χ0n) is 18.4. The lowest BCUT2D eigenvalue weighted by atomic mass is 9.76. The molecular weight excluding hydrogens is 441 g/mol. The molecular formula is C23H28BN3O5S. The predicted molar refractivity (Wildman–Crippen MR) is 127 cm³/mol. The van der Waals surface area contributed by atoms with Crippen molar-refractivity contribution in [3.05, 3.63) is 66.4 Å². The summed E-state index contributed by atoms with van der Waals surface area (Å²) < 4.78 is 31.1. The fraction of sp³-hybridized carbons (Fsp3) is 0.348. The van der Waals surface area contributed by atoms with E-state index in [4.69, 9.17) is 0 Å². The molecule has 1 saturated carbocycles. The SMILES string of the molecule is Cn1ccc2c(S(=O)(=O)NC(Cc3ccccc3)C(=O)NC(CC3CC3)B(O)O)cccc21. The first-order chi connectivity index (χ1) is 15.7. The van der Waals surface area contributed by atoms with Gasteiger partial charge in [0.25, 0.3) is 0 Å². The Kier molecular flexibility index (Phi) is 6.90. The van der Waals surface area contributed by atoms with Crippen LogP contribution in [0.2, 0.25) is 0 Å². The van der Waals surface area contributed by atoms with Crippen LogP contribution in [0.5, 0.6) is 0 Å². The second-order valence-corrected chi connectivity index (χ2v) is 10.4. The molecule has 0 saturated heterocycles. The van der Waals surface area contributed by atoms with E-state index in [1.165, 1.54) is 6.07 Å². The molecule has 0 radical (unpaired) electrons. The summed E-state index contributed by atoms with van der Waals surface area (Å²) >= 11 is 0. The maximum Gasteiger partial charge on any atom is 0.475 e. The highest BCUT2D eigenvalue weighted by atomic mass is 32.2. The number of rotatable bonds is 10. The molecule has 3 aromatic rings. The summed E-state index contributed by atoms with van der Waals surface area (Å²) in [4.78, 5) is 13.3. The lowest BCUT2D eigenvalue weighted by Gasteiger charge is -2.23. The highest BCUT2D eigenvalue weighted by Crippen LogP contribution is 2.33. The Labute approximate surface area is 193 Å². The third-order valence-electron chi connectivity index (χ3n) is 6.05. The van der Waals surface area contributed by atoms with Crippen LogP contribution in [0.25, 0.3) is 10.9 Å². The van der Waals surface area contributed by atoms with Gasteiger partial charge in [-0.25, -0.2) is 8.42 Å². The van der Waals surface area contributed by atoms with Crippen molar-refractivity contribution in [2.24, 2.45) is 13.0 Å². The highest BCUT2D eigenvalue weighted by molar-refractivity contribution is 7.89. The van der Waals surface area contributed by atoms with Crippen molar-refractivity contribution in [1.29, 1.82) is 0 Å². The van der Waals surface area contributed by atoms with Crippen LogP contribution in [0.15, 0.2) is 65.7 Å². The van der Waals surface area contributed by atoms with Gasteiger partial charge >= 0.3 is 7.12 Å². The molecule has 2 aromatic carbocycles. The van der Waals surface area contributed by atoms with Crippen LogP contribution in [0.4, 0.5) is 0 Å². The van der Waals surface area contributed by atoms with Crippen LogP contribution in [-0.2, 0) is 28.3 Å². The first-order valence-corrected chi connectivity index (χ1v) is 12.5. The molecule has 4 rings (SSSR count). The fourth-order valence-electron chi connectivity index (χ4n) is 4.05. The van der Waals surface area contributed by atoms with Gasteiger partial charge in [0.1, 0.15) is 6.04 Å². The minimum atomic E-state index is -4.05. The summed E-state index contributed by atoms with van der Waals surface area (Å²) in [6.45, 7) is 0. The van der Waals surface area contributed by atoms with Crippen LogP contribution in [0, 0.1) is 5.92 Å². The molecule has 8 nitrogen and oxygen atoms in total. The molecule has 0 spiro atoms. The van der Waals surface area contributed by atoms with Gasteiger partial charge in [0.2, 0.25) is 15.9 Å². The zero-order valence-corrected chi connectivity index (χ0v) is 19.2. The van der Waals surface area contributed by atoms with Gasteiger partial charge in [-0.15, -0.1) is 0 Å². The number of hydrogen-bond donors (Lipinski definition) is 4. The summed E-state index contributed by atoms with van der Waals surface area (Å²) in [6.07, 6.45) is 4.31. The van der Waals surface area contributed by atoms with Crippen molar-refractivity contribution < 1.29 is 23.3 Å². The second-order valence-electron chi connectivity index (χ2n) is 8.69. The second kappa shape index (κ2) is 9.68. The number of nitrogens with zero attached hydrogens (tertiary/aromatic N) is 1. The topological polar surface area (TPSA) is 121 Å². The van der Waals surface area contributed by atoms with E-state index in [9.17, 15) is 23.3 Å². The summed E-state index contributed by atoms with van der Waals surface area (Å²) in [5.74, 6) is -1.11. The molecule has 4 N–H and O–H groups in total. The fourth-order valence-corrected chi connectivity index (χ4v) is 5.46. The van der Waals surface area contributed by atoms with Crippen molar-refractivity contribution in [1.82, 2.24) is 14.6 Å². The number of nitrogens with one attached hydrogen (secondary N) is 2. The van der Waals surface area contributed by atoms with Crippen molar-refractivity contribution in [3.8, 4) is 0 Å². The number of sulfonamides is 1. The number of benzene rings is 2. The molecule has 0 bridgehead atoms. The first kappa shape index (κ1) is 23.5. The minimum Gasteiger partial charge on any atom is -0.426 e. The Balaban J connectivity index is 1.61. The maximum absolute atomic E-state index is 13.4. The Bertz CT molecular complexity index is 1230. The number of carbonyl (C=O) groups is 1. The van der Waals surface area contributed by atoms with Gasteiger partial charge in [0, 0.05) is 24.1 Å². The summed E-state index contributed by atoms with van der Waals surface area (Å²) in [5.41, 5.74) is 1.54. The van der Waals surface area contributed by atoms with E-state index in [1.807, 2.05) is 48.0 Å². The predicted octanol–water partition coefficient (Wildman–Crippen LogP) is 1.36. The van der Waals surface area contributed by atoms with Crippen LogP contribution < -0.4 is 10.0 Å². The van der Waals surface area contributed by atoms with E-state index in [-0.39, 0.29) is 11.3 Å². The molecule has 1 aromatic heterocycles. The summed E-state index contributed by atoms with van der Waals surface area (Å²) in [6, 6.07) is 14.7. The molecule has 1 amide bonds. The van der Waals surface area contributed by atoms with Gasteiger partial charge in [-0.3, -0.25) is 4.79 Å². The molecule has 2 atom stereocenters. The van der Waals surface area contributed by atoms with Crippen LogP contribution in [-0.4, -0.2) is 48.0 Å².